The van der Waals surface area contributed by atoms with Gasteiger partial charge in [0.05, 0.1) is 0 Å². The summed E-state index contributed by atoms with van der Waals surface area (Å²) in [7, 11) is 0. The molecule has 5 heteroatoms. The van der Waals surface area contributed by atoms with Crippen LogP contribution in [0, 0.1) is 23.3 Å². The van der Waals surface area contributed by atoms with Crippen LogP contribution < -0.4 is 0 Å². The molecule has 0 aromatic heterocycles. The molecule has 2 rings (SSSR count). The van der Waals surface area contributed by atoms with E-state index in [1.807, 2.05) is 0 Å². The molecule has 0 bridgehead atoms. The smallest absolute Gasteiger partial charge is 0.167 e. The standard InChI is InChI=1S/C13H7F4N/c14-9-4-5-10(15)12(6-9)18-7-8-2-1-3-11(16)13(8)17/h1-7H. The molecule has 2 aromatic rings. The van der Waals surface area contributed by atoms with Crippen molar-refractivity contribution in [2.45, 2.75) is 0 Å². The Morgan fingerprint density at radius 3 is 2.44 bits per heavy atom. The maximum atomic E-state index is 13.3. The van der Waals surface area contributed by atoms with Crippen molar-refractivity contribution < 1.29 is 17.6 Å². The van der Waals surface area contributed by atoms with Gasteiger partial charge in [0, 0.05) is 17.8 Å². The van der Waals surface area contributed by atoms with Gasteiger partial charge >= 0.3 is 0 Å². The van der Waals surface area contributed by atoms with Gasteiger partial charge in [0.2, 0.25) is 0 Å². The second-order valence-electron chi connectivity index (χ2n) is 3.50. The second-order valence-corrected chi connectivity index (χ2v) is 3.50. The fourth-order valence-corrected chi connectivity index (χ4v) is 1.34. The average molecular weight is 253 g/mol. The topological polar surface area (TPSA) is 12.4 Å². The van der Waals surface area contributed by atoms with E-state index < -0.39 is 23.3 Å². The third-order valence-electron chi connectivity index (χ3n) is 2.23. The van der Waals surface area contributed by atoms with Crippen molar-refractivity contribution in [3.8, 4) is 0 Å². The van der Waals surface area contributed by atoms with Gasteiger partial charge in [-0.25, -0.2) is 17.6 Å². The molecule has 0 saturated heterocycles. The molecule has 0 heterocycles. The molecule has 18 heavy (non-hydrogen) atoms. The Morgan fingerprint density at radius 2 is 1.67 bits per heavy atom. The maximum absolute atomic E-state index is 13.3. The first kappa shape index (κ1) is 12.3. The lowest BCUT2D eigenvalue weighted by Crippen LogP contribution is -1.92. The van der Waals surface area contributed by atoms with Crippen LogP contribution in [0.5, 0.6) is 0 Å². The molecule has 0 unspecified atom stereocenters. The maximum Gasteiger partial charge on any atom is 0.167 e. The first-order valence-corrected chi connectivity index (χ1v) is 5.01. The Hall–Kier alpha value is -2.17. The number of aliphatic imine (C=N–C) groups is 1. The van der Waals surface area contributed by atoms with Gasteiger partial charge in [-0.2, -0.15) is 0 Å². The largest absolute Gasteiger partial charge is 0.253 e. The van der Waals surface area contributed by atoms with Crippen molar-refractivity contribution in [1.82, 2.24) is 0 Å². The minimum Gasteiger partial charge on any atom is -0.253 e. The van der Waals surface area contributed by atoms with Crippen molar-refractivity contribution in [2.24, 2.45) is 4.99 Å². The lowest BCUT2D eigenvalue weighted by molar-refractivity contribution is 0.507. The highest BCUT2D eigenvalue weighted by molar-refractivity contribution is 5.82. The minimum absolute atomic E-state index is 0.140. The molecule has 2 aromatic carbocycles. The Balaban J connectivity index is 2.36. The van der Waals surface area contributed by atoms with E-state index in [-0.39, 0.29) is 11.3 Å². The van der Waals surface area contributed by atoms with Crippen molar-refractivity contribution >= 4 is 11.9 Å². The van der Waals surface area contributed by atoms with Crippen LogP contribution in [0.15, 0.2) is 41.4 Å². The van der Waals surface area contributed by atoms with E-state index in [9.17, 15) is 17.6 Å². The van der Waals surface area contributed by atoms with Crippen LogP contribution in [0.4, 0.5) is 23.2 Å². The highest BCUT2D eigenvalue weighted by Crippen LogP contribution is 2.19. The van der Waals surface area contributed by atoms with E-state index in [4.69, 9.17) is 0 Å². The third-order valence-corrected chi connectivity index (χ3v) is 2.23. The molecule has 92 valence electrons. The predicted molar refractivity (Wildman–Crippen MR) is 60.0 cm³/mol. The number of rotatable bonds is 2. The molecule has 0 fully saturated rings. The Morgan fingerprint density at radius 1 is 0.889 bits per heavy atom. The third kappa shape index (κ3) is 2.56. The summed E-state index contributed by atoms with van der Waals surface area (Å²) in [6.07, 6.45) is 0.941. The summed E-state index contributed by atoms with van der Waals surface area (Å²) in [6.45, 7) is 0. The quantitative estimate of drug-likeness (QED) is 0.566. The zero-order chi connectivity index (χ0) is 13.1. The van der Waals surface area contributed by atoms with Crippen LogP contribution in [-0.4, -0.2) is 6.21 Å². The monoisotopic (exact) mass is 253 g/mol. The Bertz CT molecular complexity index is 604. The average Bonchev–Trinajstić information content (AvgIpc) is 2.35. The van der Waals surface area contributed by atoms with Gasteiger partial charge in [-0.3, -0.25) is 4.99 Å². The summed E-state index contributed by atoms with van der Waals surface area (Å²) in [5.41, 5.74) is -0.419. The number of hydrogen-bond acceptors (Lipinski definition) is 1. The summed E-state index contributed by atoms with van der Waals surface area (Å²) >= 11 is 0. The SMILES string of the molecule is Fc1ccc(F)c(N=Cc2cccc(F)c2F)c1. The van der Waals surface area contributed by atoms with E-state index in [1.54, 1.807) is 0 Å². The molecule has 0 aliphatic rings. The van der Waals surface area contributed by atoms with Crippen LogP contribution in [0.2, 0.25) is 0 Å². The Kier molecular flexibility index (Phi) is 3.41. The fourth-order valence-electron chi connectivity index (χ4n) is 1.34. The van der Waals surface area contributed by atoms with Crippen LogP contribution >= 0.6 is 0 Å². The molecule has 0 N–H and O–H groups in total. The van der Waals surface area contributed by atoms with Gasteiger partial charge in [0.1, 0.15) is 17.3 Å². The van der Waals surface area contributed by atoms with Crippen molar-refractivity contribution in [3.05, 3.63) is 65.2 Å². The van der Waals surface area contributed by atoms with Gasteiger partial charge in [0.15, 0.2) is 11.6 Å². The molecule has 0 atom stereocenters. The molecule has 0 spiro atoms. The molecular weight excluding hydrogens is 246 g/mol. The normalized spacial score (nSPS) is 11.1. The van der Waals surface area contributed by atoms with Crippen LogP contribution in [0.3, 0.4) is 0 Å². The van der Waals surface area contributed by atoms with Crippen molar-refractivity contribution in [2.75, 3.05) is 0 Å². The van der Waals surface area contributed by atoms with Crippen LogP contribution in [0.1, 0.15) is 5.56 Å². The van der Waals surface area contributed by atoms with Gasteiger partial charge in [-0.1, -0.05) is 12.1 Å². The zero-order valence-corrected chi connectivity index (χ0v) is 9.00. The highest BCUT2D eigenvalue weighted by atomic mass is 19.2. The minimum atomic E-state index is -1.09. The molecular formula is C13H7F4N. The zero-order valence-electron chi connectivity index (χ0n) is 9.00. The number of halogens is 4. The fraction of sp³-hybridized carbons (Fsp3) is 0. The molecule has 0 aliphatic carbocycles. The van der Waals surface area contributed by atoms with E-state index >= 15 is 0 Å². The molecule has 0 saturated carbocycles. The van der Waals surface area contributed by atoms with Gasteiger partial charge in [0.25, 0.3) is 0 Å². The van der Waals surface area contributed by atoms with E-state index in [1.165, 1.54) is 12.1 Å². The summed E-state index contributed by atoms with van der Waals surface area (Å²) in [5.74, 6) is -3.52. The summed E-state index contributed by atoms with van der Waals surface area (Å²) < 4.78 is 52.2. The van der Waals surface area contributed by atoms with Crippen LogP contribution in [-0.2, 0) is 0 Å². The van der Waals surface area contributed by atoms with Gasteiger partial charge in [-0.05, 0) is 18.2 Å². The van der Waals surface area contributed by atoms with Crippen LogP contribution in [0.25, 0.3) is 0 Å². The molecule has 1 nitrogen and oxygen atoms in total. The lowest BCUT2D eigenvalue weighted by Gasteiger charge is -1.99. The van der Waals surface area contributed by atoms with E-state index in [0.717, 1.165) is 30.5 Å². The predicted octanol–water partition coefficient (Wildman–Crippen LogP) is 3.99. The van der Waals surface area contributed by atoms with Crippen molar-refractivity contribution in [1.29, 1.82) is 0 Å². The molecule has 0 aliphatic heterocycles. The van der Waals surface area contributed by atoms with Gasteiger partial charge in [-0.15, -0.1) is 0 Å². The van der Waals surface area contributed by atoms with E-state index in [0.29, 0.717) is 0 Å². The summed E-state index contributed by atoms with van der Waals surface area (Å²) in [6, 6.07) is 6.24. The number of nitrogens with zero attached hydrogens (tertiary/aromatic N) is 1. The van der Waals surface area contributed by atoms with Crippen molar-refractivity contribution in [3.63, 3.8) is 0 Å². The van der Waals surface area contributed by atoms with Gasteiger partial charge < -0.3 is 0 Å². The summed E-state index contributed by atoms with van der Waals surface area (Å²) in [5, 5.41) is 0. The summed E-state index contributed by atoms with van der Waals surface area (Å²) in [4.78, 5) is 3.59. The highest BCUT2D eigenvalue weighted by Gasteiger charge is 2.06. The number of benzene rings is 2. The lowest BCUT2D eigenvalue weighted by atomic mass is 10.2. The first-order valence-electron chi connectivity index (χ1n) is 5.01. The number of hydrogen-bond donors (Lipinski definition) is 0. The Labute approximate surface area is 100 Å². The first-order chi connectivity index (χ1) is 8.58. The van der Waals surface area contributed by atoms with E-state index in [2.05, 4.69) is 4.99 Å². The second kappa shape index (κ2) is 5.00. The molecule has 0 radical (unpaired) electrons. The molecule has 0 amide bonds.